The summed E-state index contributed by atoms with van der Waals surface area (Å²) in [7, 11) is 1.54. The summed E-state index contributed by atoms with van der Waals surface area (Å²) >= 11 is 0. The third-order valence-corrected chi connectivity index (χ3v) is 4.98. The summed E-state index contributed by atoms with van der Waals surface area (Å²) in [6, 6.07) is 12.9. The monoisotopic (exact) mass is 433 g/mol. The molecule has 1 amide bonds. The summed E-state index contributed by atoms with van der Waals surface area (Å²) in [4.78, 5) is 24.5. The number of ether oxygens (including phenoxy) is 2. The number of methoxy groups -OCH3 is 1. The van der Waals surface area contributed by atoms with Gasteiger partial charge in [-0.05, 0) is 43.7 Å². The maximum absolute atomic E-state index is 12.5. The number of hydrogen-bond acceptors (Lipinski definition) is 6. The molecule has 0 saturated heterocycles. The zero-order chi connectivity index (χ0) is 23.1. The van der Waals surface area contributed by atoms with Gasteiger partial charge < -0.3 is 23.8 Å². The van der Waals surface area contributed by atoms with E-state index >= 15 is 0 Å². The van der Waals surface area contributed by atoms with Gasteiger partial charge in [0.05, 0.1) is 25.5 Å². The summed E-state index contributed by atoms with van der Waals surface area (Å²) in [6.45, 7) is 3.52. The highest BCUT2D eigenvalue weighted by atomic mass is 16.5. The van der Waals surface area contributed by atoms with Gasteiger partial charge in [0.25, 0.3) is 5.91 Å². The van der Waals surface area contributed by atoms with Gasteiger partial charge >= 0.3 is 5.97 Å². The average Bonchev–Trinajstić information content (AvgIpc) is 3.39. The molecule has 0 atom stereocenters. The molecule has 164 valence electrons. The Hall–Kier alpha value is -4.25. The smallest absolute Gasteiger partial charge is 0.331 e. The molecule has 32 heavy (non-hydrogen) atoms. The molecule has 0 unspecified atom stereocenters. The van der Waals surface area contributed by atoms with Gasteiger partial charge in [0.2, 0.25) is 0 Å². The Balaban J connectivity index is 1.67. The van der Waals surface area contributed by atoms with Crippen molar-refractivity contribution in [1.82, 2.24) is 4.57 Å². The lowest BCUT2D eigenvalue weighted by Gasteiger charge is -2.12. The summed E-state index contributed by atoms with van der Waals surface area (Å²) < 4.78 is 17.4. The maximum Gasteiger partial charge on any atom is 0.331 e. The number of carbonyl (C=O) groups excluding carboxylic acids is 2. The van der Waals surface area contributed by atoms with Crippen LogP contribution in [0.25, 0.3) is 6.08 Å². The van der Waals surface area contributed by atoms with E-state index in [0.29, 0.717) is 35.0 Å². The van der Waals surface area contributed by atoms with Crippen LogP contribution in [0, 0.1) is 25.2 Å². The van der Waals surface area contributed by atoms with Gasteiger partial charge in [-0.2, -0.15) is 5.26 Å². The molecule has 8 heteroatoms. The normalized spacial score (nSPS) is 10.7. The fourth-order valence-electron chi connectivity index (χ4n) is 3.20. The first-order valence-electron chi connectivity index (χ1n) is 9.84. The van der Waals surface area contributed by atoms with Gasteiger partial charge in [0, 0.05) is 17.3 Å². The lowest BCUT2D eigenvalue weighted by atomic mass is 10.2. The quantitative estimate of drug-likeness (QED) is 0.428. The number of furan rings is 1. The topological polar surface area (TPSA) is 106 Å². The third kappa shape index (κ3) is 5.08. The van der Waals surface area contributed by atoms with E-state index in [9.17, 15) is 14.9 Å². The molecule has 8 nitrogen and oxygen atoms in total. The second-order valence-electron chi connectivity index (χ2n) is 6.94. The van der Waals surface area contributed by atoms with Crippen LogP contribution in [-0.2, 0) is 20.9 Å². The zero-order valence-electron chi connectivity index (χ0n) is 18.0. The number of anilines is 1. The number of nitrogens with one attached hydrogen (secondary N) is 1. The lowest BCUT2D eigenvalue weighted by molar-refractivity contribution is -0.142. The summed E-state index contributed by atoms with van der Waals surface area (Å²) in [5.41, 5.74) is 2.64. The average molecular weight is 433 g/mol. The molecule has 2 aromatic heterocycles. The number of amides is 1. The number of aromatic nitrogens is 1. The summed E-state index contributed by atoms with van der Waals surface area (Å²) in [5.74, 6) is 0.394. The van der Waals surface area contributed by atoms with Crippen LogP contribution in [0.2, 0.25) is 0 Å². The molecule has 0 aliphatic rings. The van der Waals surface area contributed by atoms with Gasteiger partial charge in [-0.15, -0.1) is 0 Å². The minimum atomic E-state index is -0.676. The van der Waals surface area contributed by atoms with Crippen molar-refractivity contribution in [2.75, 3.05) is 19.0 Å². The van der Waals surface area contributed by atoms with E-state index in [1.165, 1.54) is 13.2 Å². The van der Waals surface area contributed by atoms with Crippen molar-refractivity contribution < 1.29 is 23.5 Å². The first-order chi connectivity index (χ1) is 15.4. The fraction of sp³-hybridized carbons (Fsp3) is 0.208. The Labute approximate surface area is 185 Å². The van der Waals surface area contributed by atoms with E-state index in [2.05, 4.69) is 11.4 Å². The Morgan fingerprint density at radius 2 is 2.00 bits per heavy atom. The molecule has 3 rings (SSSR count). The van der Waals surface area contributed by atoms with Crippen molar-refractivity contribution in [1.29, 1.82) is 5.26 Å². The number of rotatable bonds is 8. The second kappa shape index (κ2) is 10.2. The van der Waals surface area contributed by atoms with Crippen LogP contribution in [0.1, 0.15) is 28.1 Å². The molecule has 0 aliphatic heterocycles. The minimum absolute atomic E-state index is 0.338. The Kier molecular flexibility index (Phi) is 7.13. The summed E-state index contributed by atoms with van der Waals surface area (Å²) in [6.07, 6.45) is 4.33. The van der Waals surface area contributed by atoms with Crippen LogP contribution < -0.4 is 10.1 Å². The summed E-state index contributed by atoms with van der Waals surface area (Å²) in [5, 5.41) is 12.3. The zero-order valence-corrected chi connectivity index (χ0v) is 18.0. The van der Waals surface area contributed by atoms with Gasteiger partial charge in [-0.25, -0.2) is 4.79 Å². The molecule has 1 N–H and O–H groups in total. The number of benzene rings is 1. The van der Waals surface area contributed by atoms with Gasteiger partial charge in [-0.3, -0.25) is 4.79 Å². The number of carbonyl (C=O) groups is 2. The number of para-hydroxylation sites is 1. The van der Waals surface area contributed by atoms with Crippen molar-refractivity contribution in [3.63, 3.8) is 0 Å². The van der Waals surface area contributed by atoms with E-state index < -0.39 is 18.5 Å². The fourth-order valence-corrected chi connectivity index (χ4v) is 3.20. The number of hydrogen-bond donors (Lipinski definition) is 1. The maximum atomic E-state index is 12.5. The molecular weight excluding hydrogens is 410 g/mol. The second-order valence-corrected chi connectivity index (χ2v) is 6.94. The Morgan fingerprint density at radius 3 is 2.69 bits per heavy atom. The molecule has 0 bridgehead atoms. The molecule has 0 radical (unpaired) electrons. The Morgan fingerprint density at radius 1 is 1.22 bits per heavy atom. The molecule has 0 fully saturated rings. The predicted molar refractivity (Wildman–Crippen MR) is 118 cm³/mol. The van der Waals surface area contributed by atoms with Crippen molar-refractivity contribution in [2.24, 2.45) is 0 Å². The number of nitrogens with zero attached hydrogens (tertiary/aromatic N) is 2. The molecule has 0 spiro atoms. The third-order valence-electron chi connectivity index (χ3n) is 4.98. The predicted octanol–water partition coefficient (Wildman–Crippen LogP) is 3.82. The minimum Gasteiger partial charge on any atom is -0.496 e. The molecule has 1 aromatic carbocycles. The molecule has 0 aliphatic carbocycles. The highest BCUT2D eigenvalue weighted by Crippen LogP contribution is 2.27. The number of esters is 1. The van der Waals surface area contributed by atoms with E-state index in [1.54, 1.807) is 35.1 Å². The van der Waals surface area contributed by atoms with E-state index in [0.717, 1.165) is 11.3 Å². The van der Waals surface area contributed by atoms with Crippen LogP contribution >= 0.6 is 0 Å². The standard InChI is InChI=1S/C24H23N3O5/c1-16-17(2)27(14-19-8-6-12-31-19)24(20(16)13-25)26-22(28)15-32-23(29)11-10-18-7-4-5-9-21(18)30-3/h4-12H,14-15H2,1-3H3,(H,26,28)/b11-10+. The SMILES string of the molecule is COc1ccccc1/C=C/C(=O)OCC(=O)Nc1c(C#N)c(C)c(C)n1Cc1ccco1. The highest BCUT2D eigenvalue weighted by molar-refractivity contribution is 5.95. The van der Waals surface area contributed by atoms with Crippen LogP contribution in [-0.4, -0.2) is 30.2 Å². The van der Waals surface area contributed by atoms with E-state index in [1.807, 2.05) is 32.0 Å². The Bertz CT molecular complexity index is 1180. The molecule has 2 heterocycles. The highest BCUT2D eigenvalue weighted by Gasteiger charge is 2.20. The first kappa shape index (κ1) is 22.4. The molecule has 3 aromatic rings. The first-order valence-corrected chi connectivity index (χ1v) is 9.84. The van der Waals surface area contributed by atoms with Crippen molar-refractivity contribution in [2.45, 2.75) is 20.4 Å². The van der Waals surface area contributed by atoms with E-state index in [-0.39, 0.29) is 0 Å². The van der Waals surface area contributed by atoms with Crippen LogP contribution in [0.5, 0.6) is 5.75 Å². The van der Waals surface area contributed by atoms with Gasteiger partial charge in [0.1, 0.15) is 23.4 Å². The van der Waals surface area contributed by atoms with Crippen molar-refractivity contribution in [3.8, 4) is 11.8 Å². The molecule has 0 saturated carbocycles. The van der Waals surface area contributed by atoms with Crippen LogP contribution in [0.3, 0.4) is 0 Å². The molecular formula is C24H23N3O5. The van der Waals surface area contributed by atoms with Crippen molar-refractivity contribution in [3.05, 3.63) is 76.9 Å². The number of nitriles is 1. The van der Waals surface area contributed by atoms with Gasteiger partial charge in [0.15, 0.2) is 6.61 Å². The van der Waals surface area contributed by atoms with Crippen molar-refractivity contribution >= 4 is 23.8 Å². The van der Waals surface area contributed by atoms with Crippen LogP contribution in [0.4, 0.5) is 5.82 Å². The van der Waals surface area contributed by atoms with Crippen LogP contribution in [0.15, 0.2) is 53.2 Å². The largest absolute Gasteiger partial charge is 0.496 e. The lowest BCUT2D eigenvalue weighted by Crippen LogP contribution is -2.22. The van der Waals surface area contributed by atoms with Gasteiger partial charge in [-0.1, -0.05) is 18.2 Å². The van der Waals surface area contributed by atoms with E-state index in [4.69, 9.17) is 13.9 Å².